The highest BCUT2D eigenvalue weighted by molar-refractivity contribution is 7.91. The van der Waals surface area contributed by atoms with Crippen LogP contribution in [0.5, 0.6) is 0 Å². The normalized spacial score (nSPS) is 12.0. The molecule has 4 nitrogen and oxygen atoms in total. The fourth-order valence-electron chi connectivity index (χ4n) is 1.54. The molecule has 0 unspecified atom stereocenters. The number of ether oxygens (including phenoxy) is 2. The van der Waals surface area contributed by atoms with E-state index in [1.54, 1.807) is 24.3 Å². The summed E-state index contributed by atoms with van der Waals surface area (Å²) in [4.78, 5) is 0.303. The van der Waals surface area contributed by atoms with Gasteiger partial charge in [0.2, 0.25) is 0 Å². The maximum absolute atomic E-state index is 12.1. The summed E-state index contributed by atoms with van der Waals surface area (Å²) in [5, 5.41) is 0. The van der Waals surface area contributed by atoms with Crippen LogP contribution >= 0.6 is 0 Å². The van der Waals surface area contributed by atoms with Crippen molar-refractivity contribution >= 4 is 9.84 Å². The number of benzene rings is 1. The minimum absolute atomic E-state index is 0.155. The first-order valence-corrected chi connectivity index (χ1v) is 7.67. The molecule has 0 spiro atoms. The number of hydrogen-bond acceptors (Lipinski definition) is 4. The Kier molecular flexibility index (Phi) is 5.78. The molecule has 0 saturated heterocycles. The SMILES string of the molecule is CCOC(CS(=O)(=O)c1ccc(C)cc1)OCC. The first-order chi connectivity index (χ1) is 8.49. The van der Waals surface area contributed by atoms with Crippen LogP contribution in [-0.2, 0) is 19.3 Å². The van der Waals surface area contributed by atoms with Gasteiger partial charge in [0.25, 0.3) is 0 Å². The van der Waals surface area contributed by atoms with E-state index in [2.05, 4.69) is 0 Å². The summed E-state index contributed by atoms with van der Waals surface area (Å²) in [6, 6.07) is 6.78. The molecule has 0 fully saturated rings. The Bertz CT molecular complexity index is 444. The van der Waals surface area contributed by atoms with Crippen molar-refractivity contribution in [2.24, 2.45) is 0 Å². The van der Waals surface area contributed by atoms with Crippen molar-refractivity contribution in [2.75, 3.05) is 19.0 Å². The first-order valence-electron chi connectivity index (χ1n) is 6.02. The van der Waals surface area contributed by atoms with E-state index in [9.17, 15) is 8.42 Å². The third-order valence-corrected chi connectivity index (χ3v) is 4.14. The van der Waals surface area contributed by atoms with Crippen LogP contribution in [0.15, 0.2) is 29.2 Å². The molecule has 0 amide bonds. The number of sulfone groups is 1. The van der Waals surface area contributed by atoms with E-state index in [1.807, 2.05) is 20.8 Å². The van der Waals surface area contributed by atoms with Crippen molar-refractivity contribution in [3.05, 3.63) is 29.8 Å². The standard InChI is InChI=1S/C13H20O4S/c1-4-16-13(17-5-2)10-18(14,15)12-8-6-11(3)7-9-12/h6-9,13H,4-5,10H2,1-3H3. The molecule has 1 aromatic rings. The van der Waals surface area contributed by atoms with Crippen molar-refractivity contribution in [3.8, 4) is 0 Å². The molecule has 1 aromatic carbocycles. The van der Waals surface area contributed by atoms with Gasteiger partial charge in [0.15, 0.2) is 16.1 Å². The summed E-state index contributed by atoms with van der Waals surface area (Å²) < 4.78 is 34.8. The van der Waals surface area contributed by atoms with Crippen molar-refractivity contribution in [1.82, 2.24) is 0 Å². The second-order valence-electron chi connectivity index (χ2n) is 3.93. The van der Waals surface area contributed by atoms with Gasteiger partial charge in [0.05, 0.1) is 4.90 Å². The molecule has 18 heavy (non-hydrogen) atoms. The lowest BCUT2D eigenvalue weighted by Gasteiger charge is -2.16. The molecule has 0 saturated carbocycles. The number of hydrogen-bond donors (Lipinski definition) is 0. The molecule has 0 heterocycles. The molecular weight excluding hydrogens is 252 g/mol. The van der Waals surface area contributed by atoms with Gasteiger partial charge in [-0.1, -0.05) is 17.7 Å². The summed E-state index contributed by atoms with van der Waals surface area (Å²) in [5.74, 6) is -0.155. The van der Waals surface area contributed by atoms with Crippen LogP contribution in [0.1, 0.15) is 19.4 Å². The van der Waals surface area contributed by atoms with E-state index in [4.69, 9.17) is 9.47 Å². The maximum atomic E-state index is 12.1. The van der Waals surface area contributed by atoms with Gasteiger partial charge in [-0.2, -0.15) is 0 Å². The summed E-state index contributed by atoms with van der Waals surface area (Å²) in [7, 11) is -3.37. The first kappa shape index (κ1) is 15.1. The smallest absolute Gasteiger partial charge is 0.183 e. The summed E-state index contributed by atoms with van der Waals surface area (Å²) >= 11 is 0. The van der Waals surface area contributed by atoms with Crippen LogP contribution in [0.2, 0.25) is 0 Å². The zero-order chi connectivity index (χ0) is 13.6. The Morgan fingerprint density at radius 1 is 1.06 bits per heavy atom. The molecule has 1 rings (SSSR count). The van der Waals surface area contributed by atoms with Crippen LogP contribution in [0.4, 0.5) is 0 Å². The van der Waals surface area contributed by atoms with Gasteiger partial charge in [0, 0.05) is 13.2 Å². The van der Waals surface area contributed by atoms with Gasteiger partial charge < -0.3 is 9.47 Å². The zero-order valence-corrected chi connectivity index (χ0v) is 11.9. The molecular formula is C13H20O4S. The third kappa shape index (κ3) is 4.40. The number of aryl methyl sites for hydroxylation is 1. The predicted molar refractivity (Wildman–Crippen MR) is 70.3 cm³/mol. The lowest BCUT2D eigenvalue weighted by Crippen LogP contribution is -2.27. The third-order valence-electron chi connectivity index (χ3n) is 2.44. The molecule has 0 bridgehead atoms. The molecule has 0 atom stereocenters. The van der Waals surface area contributed by atoms with Crippen LogP contribution in [0.25, 0.3) is 0 Å². The van der Waals surface area contributed by atoms with Crippen LogP contribution in [0.3, 0.4) is 0 Å². The second kappa shape index (κ2) is 6.87. The summed E-state index contributed by atoms with van der Waals surface area (Å²) in [5.41, 5.74) is 1.03. The molecule has 0 radical (unpaired) electrons. The zero-order valence-electron chi connectivity index (χ0n) is 11.0. The van der Waals surface area contributed by atoms with Crippen LogP contribution in [0, 0.1) is 6.92 Å². The average Bonchev–Trinajstić information content (AvgIpc) is 2.29. The topological polar surface area (TPSA) is 52.6 Å². The Labute approximate surface area is 109 Å². The predicted octanol–water partition coefficient (Wildman–Crippen LogP) is 2.17. The fourth-order valence-corrected chi connectivity index (χ4v) is 2.83. The minimum Gasteiger partial charge on any atom is -0.352 e. The molecule has 0 aromatic heterocycles. The van der Waals surface area contributed by atoms with E-state index < -0.39 is 16.1 Å². The number of rotatable bonds is 7. The lowest BCUT2D eigenvalue weighted by atomic mass is 10.2. The van der Waals surface area contributed by atoms with Crippen molar-refractivity contribution in [2.45, 2.75) is 32.0 Å². The second-order valence-corrected chi connectivity index (χ2v) is 5.97. The Hall–Kier alpha value is -0.910. The van der Waals surface area contributed by atoms with E-state index >= 15 is 0 Å². The van der Waals surface area contributed by atoms with Crippen molar-refractivity contribution in [1.29, 1.82) is 0 Å². The highest BCUT2D eigenvalue weighted by atomic mass is 32.2. The van der Waals surface area contributed by atoms with Gasteiger partial charge in [-0.05, 0) is 32.9 Å². The summed E-state index contributed by atoms with van der Waals surface area (Å²) in [6.07, 6.45) is -0.702. The van der Waals surface area contributed by atoms with E-state index in [0.717, 1.165) is 5.56 Å². The van der Waals surface area contributed by atoms with E-state index in [1.165, 1.54) is 0 Å². The largest absolute Gasteiger partial charge is 0.352 e. The molecule has 0 aliphatic carbocycles. The Balaban J connectivity index is 2.82. The van der Waals surface area contributed by atoms with Gasteiger partial charge in [-0.3, -0.25) is 0 Å². The van der Waals surface area contributed by atoms with Gasteiger partial charge >= 0.3 is 0 Å². The molecule has 5 heteroatoms. The van der Waals surface area contributed by atoms with Crippen molar-refractivity contribution in [3.63, 3.8) is 0 Å². The maximum Gasteiger partial charge on any atom is 0.183 e. The molecule has 102 valence electrons. The van der Waals surface area contributed by atoms with Gasteiger partial charge in [0.1, 0.15) is 5.75 Å². The van der Waals surface area contributed by atoms with E-state index in [-0.39, 0.29) is 5.75 Å². The van der Waals surface area contributed by atoms with Crippen LogP contribution in [-0.4, -0.2) is 33.7 Å². The van der Waals surface area contributed by atoms with Crippen LogP contribution < -0.4 is 0 Å². The minimum atomic E-state index is -3.37. The quantitative estimate of drug-likeness (QED) is 0.714. The molecule has 0 N–H and O–H groups in total. The van der Waals surface area contributed by atoms with Gasteiger partial charge in [-0.15, -0.1) is 0 Å². The highest BCUT2D eigenvalue weighted by Crippen LogP contribution is 2.14. The summed E-state index contributed by atoms with van der Waals surface area (Å²) in [6.45, 7) is 6.39. The Morgan fingerprint density at radius 3 is 2.00 bits per heavy atom. The average molecular weight is 272 g/mol. The molecule has 0 aliphatic rings. The lowest BCUT2D eigenvalue weighted by molar-refractivity contribution is -0.120. The monoisotopic (exact) mass is 272 g/mol. The highest BCUT2D eigenvalue weighted by Gasteiger charge is 2.21. The van der Waals surface area contributed by atoms with Gasteiger partial charge in [-0.25, -0.2) is 8.42 Å². The van der Waals surface area contributed by atoms with Crippen molar-refractivity contribution < 1.29 is 17.9 Å². The Morgan fingerprint density at radius 2 is 1.56 bits per heavy atom. The van der Waals surface area contributed by atoms with E-state index in [0.29, 0.717) is 18.1 Å². The fraction of sp³-hybridized carbons (Fsp3) is 0.538. The molecule has 0 aliphatic heterocycles.